The maximum atomic E-state index is 9.55. The fraction of sp³-hybridized carbons (Fsp3) is 0.889. The molecule has 11 heavy (non-hydrogen) atoms. The molecule has 4 atom stereocenters. The van der Waals surface area contributed by atoms with Crippen molar-refractivity contribution >= 4 is 0 Å². The van der Waals surface area contributed by atoms with Gasteiger partial charge in [-0.3, -0.25) is 0 Å². The van der Waals surface area contributed by atoms with E-state index in [1.54, 1.807) is 0 Å². The second-order valence-corrected chi connectivity index (χ2v) is 3.88. The summed E-state index contributed by atoms with van der Waals surface area (Å²) in [6.45, 7) is 0. The third-order valence-corrected chi connectivity index (χ3v) is 3.24. The van der Waals surface area contributed by atoms with Gasteiger partial charge in [0.15, 0.2) is 0 Å². The fourth-order valence-electron chi connectivity index (χ4n) is 2.61. The first-order valence-corrected chi connectivity index (χ1v) is 4.39. The predicted molar refractivity (Wildman–Crippen MR) is 40.6 cm³/mol. The van der Waals surface area contributed by atoms with Crippen molar-refractivity contribution in [2.75, 3.05) is 0 Å². The van der Waals surface area contributed by atoms with Crippen molar-refractivity contribution in [2.24, 2.45) is 17.8 Å². The quantitative estimate of drug-likeness (QED) is 0.567. The number of nitrogens with zero attached hydrogens (tertiary/aromatic N) is 1. The van der Waals surface area contributed by atoms with Crippen LogP contribution in [0.15, 0.2) is 0 Å². The minimum atomic E-state index is -0.182. The summed E-state index contributed by atoms with van der Waals surface area (Å²) in [7, 11) is 0. The SMILES string of the molecule is N#C[C@H]1C[C@H]2CC[C@@H](O)[C@@H]1C2. The van der Waals surface area contributed by atoms with E-state index in [1.165, 1.54) is 0 Å². The van der Waals surface area contributed by atoms with Gasteiger partial charge in [-0.15, -0.1) is 0 Å². The summed E-state index contributed by atoms with van der Waals surface area (Å²) >= 11 is 0. The highest BCUT2D eigenvalue weighted by Crippen LogP contribution is 2.45. The molecule has 0 heterocycles. The third kappa shape index (κ3) is 1.04. The normalized spacial score (nSPS) is 48.7. The number of hydrogen-bond acceptors (Lipinski definition) is 2. The van der Waals surface area contributed by atoms with Crippen LogP contribution in [-0.2, 0) is 0 Å². The number of aliphatic hydroxyl groups is 1. The van der Waals surface area contributed by atoms with E-state index in [1.807, 2.05) is 0 Å². The van der Waals surface area contributed by atoms with Crippen molar-refractivity contribution in [3.05, 3.63) is 0 Å². The van der Waals surface area contributed by atoms with E-state index < -0.39 is 0 Å². The van der Waals surface area contributed by atoms with E-state index in [4.69, 9.17) is 5.26 Å². The average molecular weight is 151 g/mol. The molecule has 2 rings (SSSR count). The Morgan fingerprint density at radius 1 is 1.27 bits per heavy atom. The van der Waals surface area contributed by atoms with Gasteiger partial charge in [-0.05, 0) is 31.6 Å². The Kier molecular flexibility index (Phi) is 1.61. The number of aliphatic hydroxyl groups excluding tert-OH is 1. The van der Waals surface area contributed by atoms with E-state index in [0.29, 0.717) is 5.92 Å². The zero-order valence-electron chi connectivity index (χ0n) is 6.53. The molecule has 1 N–H and O–H groups in total. The van der Waals surface area contributed by atoms with Gasteiger partial charge in [0.1, 0.15) is 0 Å². The van der Waals surface area contributed by atoms with E-state index in [-0.39, 0.29) is 12.0 Å². The molecule has 2 heteroatoms. The molecule has 0 radical (unpaired) electrons. The molecule has 2 bridgehead atoms. The molecule has 2 aliphatic carbocycles. The van der Waals surface area contributed by atoms with Gasteiger partial charge < -0.3 is 5.11 Å². The van der Waals surface area contributed by atoms with E-state index in [9.17, 15) is 5.11 Å². The second-order valence-electron chi connectivity index (χ2n) is 3.88. The van der Waals surface area contributed by atoms with Gasteiger partial charge in [-0.25, -0.2) is 0 Å². The summed E-state index contributed by atoms with van der Waals surface area (Å²) in [5, 5.41) is 18.3. The van der Waals surface area contributed by atoms with E-state index in [2.05, 4.69) is 6.07 Å². The fourth-order valence-corrected chi connectivity index (χ4v) is 2.61. The maximum Gasteiger partial charge on any atom is 0.0659 e. The lowest BCUT2D eigenvalue weighted by atomic mass is 9.85. The van der Waals surface area contributed by atoms with Crippen LogP contribution in [0.4, 0.5) is 0 Å². The maximum absolute atomic E-state index is 9.55. The Hall–Kier alpha value is -0.550. The number of fused-ring (bicyclic) bond motifs is 2. The first kappa shape index (κ1) is 7.12. The molecule has 2 fully saturated rings. The minimum Gasteiger partial charge on any atom is -0.393 e. The summed E-state index contributed by atoms with van der Waals surface area (Å²) in [6.07, 6.45) is 4.01. The predicted octanol–water partition coefficient (Wildman–Crippen LogP) is 1.31. The Balaban J connectivity index is 2.14. The van der Waals surface area contributed by atoms with Gasteiger partial charge in [0.25, 0.3) is 0 Å². The van der Waals surface area contributed by atoms with Crippen LogP contribution in [0.3, 0.4) is 0 Å². The molecule has 2 saturated carbocycles. The lowest BCUT2D eigenvalue weighted by Gasteiger charge is -2.24. The van der Waals surface area contributed by atoms with E-state index in [0.717, 1.165) is 31.6 Å². The highest BCUT2D eigenvalue weighted by Gasteiger charge is 2.41. The summed E-state index contributed by atoms with van der Waals surface area (Å²) in [5.74, 6) is 1.20. The zero-order chi connectivity index (χ0) is 7.84. The highest BCUT2D eigenvalue weighted by atomic mass is 16.3. The smallest absolute Gasteiger partial charge is 0.0659 e. The molecule has 60 valence electrons. The van der Waals surface area contributed by atoms with Crippen LogP contribution < -0.4 is 0 Å². The monoisotopic (exact) mass is 151 g/mol. The molecular formula is C9H13NO. The Labute approximate surface area is 66.8 Å². The van der Waals surface area contributed by atoms with Crippen LogP contribution in [0.25, 0.3) is 0 Å². The molecule has 0 amide bonds. The van der Waals surface area contributed by atoms with Gasteiger partial charge in [0.05, 0.1) is 18.1 Å². The average Bonchev–Trinajstić information content (AvgIpc) is 2.37. The largest absolute Gasteiger partial charge is 0.393 e. The van der Waals surface area contributed by atoms with Crippen molar-refractivity contribution < 1.29 is 5.11 Å². The Morgan fingerprint density at radius 2 is 2.09 bits per heavy atom. The molecular weight excluding hydrogens is 138 g/mol. The standard InChI is InChI=1S/C9H13NO/c10-5-7-3-6-1-2-9(11)8(7)4-6/h6-9,11H,1-4H2/t6-,7-,8-,9-/m1/s1. The van der Waals surface area contributed by atoms with Crippen molar-refractivity contribution in [3.63, 3.8) is 0 Å². The molecule has 0 spiro atoms. The lowest BCUT2D eigenvalue weighted by molar-refractivity contribution is 0.0680. The van der Waals surface area contributed by atoms with Crippen molar-refractivity contribution in [2.45, 2.75) is 31.8 Å². The third-order valence-electron chi connectivity index (χ3n) is 3.24. The van der Waals surface area contributed by atoms with Gasteiger partial charge in [0.2, 0.25) is 0 Å². The van der Waals surface area contributed by atoms with Crippen LogP contribution in [-0.4, -0.2) is 11.2 Å². The molecule has 0 aromatic heterocycles. The van der Waals surface area contributed by atoms with Gasteiger partial charge in [-0.1, -0.05) is 0 Å². The van der Waals surface area contributed by atoms with Gasteiger partial charge in [-0.2, -0.15) is 5.26 Å². The van der Waals surface area contributed by atoms with Crippen LogP contribution in [0.1, 0.15) is 25.7 Å². The van der Waals surface area contributed by atoms with Gasteiger partial charge in [0, 0.05) is 5.92 Å². The molecule has 0 aromatic rings. The molecule has 2 aliphatic rings. The van der Waals surface area contributed by atoms with Crippen LogP contribution in [0.5, 0.6) is 0 Å². The van der Waals surface area contributed by atoms with Crippen LogP contribution in [0, 0.1) is 29.1 Å². The topological polar surface area (TPSA) is 44.0 Å². The summed E-state index contributed by atoms with van der Waals surface area (Å²) < 4.78 is 0. The Bertz CT molecular complexity index is 196. The molecule has 0 aromatic carbocycles. The molecule has 0 unspecified atom stereocenters. The summed E-state index contributed by atoms with van der Waals surface area (Å²) in [4.78, 5) is 0. The number of rotatable bonds is 0. The zero-order valence-corrected chi connectivity index (χ0v) is 6.53. The summed E-state index contributed by atoms with van der Waals surface area (Å²) in [6, 6.07) is 2.31. The first-order valence-electron chi connectivity index (χ1n) is 4.39. The lowest BCUT2D eigenvalue weighted by Crippen LogP contribution is -2.25. The number of hydrogen-bond donors (Lipinski definition) is 1. The van der Waals surface area contributed by atoms with Gasteiger partial charge >= 0.3 is 0 Å². The Morgan fingerprint density at radius 3 is 2.82 bits per heavy atom. The van der Waals surface area contributed by atoms with Crippen molar-refractivity contribution in [1.29, 1.82) is 5.26 Å². The number of nitriles is 1. The minimum absolute atomic E-state index is 0.150. The first-order chi connectivity index (χ1) is 5.31. The summed E-state index contributed by atoms with van der Waals surface area (Å²) in [5.41, 5.74) is 0. The molecule has 0 aliphatic heterocycles. The van der Waals surface area contributed by atoms with Crippen LogP contribution >= 0.6 is 0 Å². The second kappa shape index (κ2) is 2.49. The van der Waals surface area contributed by atoms with E-state index >= 15 is 0 Å². The van der Waals surface area contributed by atoms with Crippen molar-refractivity contribution in [1.82, 2.24) is 0 Å². The van der Waals surface area contributed by atoms with Crippen molar-refractivity contribution in [3.8, 4) is 6.07 Å². The highest BCUT2D eigenvalue weighted by molar-refractivity contribution is 5.00. The molecule has 0 saturated heterocycles. The van der Waals surface area contributed by atoms with Crippen LogP contribution in [0.2, 0.25) is 0 Å². The molecule has 2 nitrogen and oxygen atoms in total.